The molecule has 1 aliphatic rings. The molecule has 5 rings (SSSR count). The summed E-state index contributed by atoms with van der Waals surface area (Å²) in [5.41, 5.74) is 3.97. The second-order valence-corrected chi connectivity index (χ2v) is 8.60. The Labute approximate surface area is 197 Å². The smallest absolute Gasteiger partial charge is 0.255 e. The third kappa shape index (κ3) is 4.66. The van der Waals surface area contributed by atoms with Crippen LogP contribution in [-0.4, -0.2) is 39.8 Å². The summed E-state index contributed by atoms with van der Waals surface area (Å²) in [6, 6.07) is 17.5. The molecule has 8 heteroatoms. The number of anilines is 2. The van der Waals surface area contributed by atoms with E-state index in [1.807, 2.05) is 68.6 Å². The summed E-state index contributed by atoms with van der Waals surface area (Å²) in [5, 5.41) is 10.8. The van der Waals surface area contributed by atoms with Crippen molar-refractivity contribution in [2.75, 3.05) is 12.4 Å². The Hall–Kier alpha value is -4.07. The number of rotatable bonds is 8. The molecule has 0 spiro atoms. The van der Waals surface area contributed by atoms with Gasteiger partial charge in [-0.05, 0) is 68.7 Å². The van der Waals surface area contributed by atoms with Crippen LogP contribution < -0.4 is 20.1 Å². The molecule has 0 bridgehead atoms. The van der Waals surface area contributed by atoms with Gasteiger partial charge in [0.15, 0.2) is 5.65 Å². The summed E-state index contributed by atoms with van der Waals surface area (Å²) in [4.78, 5) is 17.4. The molecule has 1 saturated carbocycles. The lowest BCUT2D eigenvalue weighted by Gasteiger charge is -2.15. The van der Waals surface area contributed by atoms with E-state index in [1.165, 1.54) is 0 Å². The van der Waals surface area contributed by atoms with Crippen LogP contribution in [0.15, 0.2) is 60.8 Å². The fraction of sp³-hybridized carbons (Fsp3) is 0.269. The third-order valence-electron chi connectivity index (χ3n) is 5.52. The topological polar surface area (TPSA) is 89.8 Å². The highest BCUT2D eigenvalue weighted by Gasteiger charge is 2.25. The predicted octanol–water partition coefficient (Wildman–Crippen LogP) is 4.83. The standard InChI is InChI=1S/C26H27N5O3/c1-16(2)34-23-15-19(10-13-22(23)25(32)27-18-8-9-18)28-26-29-24-21(5-4-14-31(24)30-26)17-6-11-20(33-3)12-7-17/h4-7,10-16,18H,8-9H2,1-3H3,(H,27,32)(H,28,30). The molecule has 0 atom stereocenters. The highest BCUT2D eigenvalue weighted by atomic mass is 16.5. The Morgan fingerprint density at radius 3 is 2.62 bits per heavy atom. The summed E-state index contributed by atoms with van der Waals surface area (Å²) in [7, 11) is 1.65. The number of ether oxygens (including phenoxy) is 2. The molecule has 1 amide bonds. The SMILES string of the molecule is COc1ccc(-c2cccn3nc(Nc4ccc(C(=O)NC5CC5)c(OC(C)C)c4)nc23)cc1. The maximum atomic E-state index is 12.6. The van der Waals surface area contributed by atoms with Crippen molar-refractivity contribution in [2.45, 2.75) is 38.8 Å². The second-order valence-electron chi connectivity index (χ2n) is 8.60. The molecule has 174 valence electrons. The minimum Gasteiger partial charge on any atom is -0.497 e. The zero-order chi connectivity index (χ0) is 23.7. The van der Waals surface area contributed by atoms with E-state index in [4.69, 9.17) is 14.5 Å². The molecule has 1 fully saturated rings. The summed E-state index contributed by atoms with van der Waals surface area (Å²) in [6.45, 7) is 3.88. The van der Waals surface area contributed by atoms with Crippen molar-refractivity contribution in [3.05, 3.63) is 66.4 Å². The first-order chi connectivity index (χ1) is 16.5. The van der Waals surface area contributed by atoms with E-state index in [0.29, 0.717) is 17.3 Å². The Morgan fingerprint density at radius 1 is 1.12 bits per heavy atom. The number of carbonyl (C=O) groups is 1. The molecule has 2 heterocycles. The number of pyridine rings is 1. The first-order valence-electron chi connectivity index (χ1n) is 11.4. The van der Waals surface area contributed by atoms with Gasteiger partial charge in [0.2, 0.25) is 5.95 Å². The van der Waals surface area contributed by atoms with Crippen molar-refractivity contribution in [1.29, 1.82) is 0 Å². The van der Waals surface area contributed by atoms with Gasteiger partial charge in [-0.25, -0.2) is 4.52 Å². The third-order valence-corrected chi connectivity index (χ3v) is 5.52. The number of amides is 1. The van der Waals surface area contributed by atoms with Crippen molar-refractivity contribution < 1.29 is 14.3 Å². The average molecular weight is 458 g/mol. The lowest BCUT2D eigenvalue weighted by molar-refractivity contribution is 0.0945. The Kier molecular flexibility index (Phi) is 5.79. The van der Waals surface area contributed by atoms with Crippen molar-refractivity contribution in [3.63, 3.8) is 0 Å². The molecule has 34 heavy (non-hydrogen) atoms. The number of nitrogens with one attached hydrogen (secondary N) is 2. The summed E-state index contributed by atoms with van der Waals surface area (Å²) in [5.74, 6) is 1.67. The first-order valence-corrected chi connectivity index (χ1v) is 11.4. The van der Waals surface area contributed by atoms with E-state index in [-0.39, 0.29) is 18.1 Å². The van der Waals surface area contributed by atoms with Crippen LogP contribution in [0.5, 0.6) is 11.5 Å². The van der Waals surface area contributed by atoms with Crippen LogP contribution in [0.1, 0.15) is 37.0 Å². The molecule has 4 aromatic rings. The number of carbonyl (C=O) groups excluding carboxylic acids is 1. The zero-order valence-corrected chi connectivity index (χ0v) is 19.4. The van der Waals surface area contributed by atoms with Gasteiger partial charge in [0.25, 0.3) is 5.91 Å². The number of nitrogens with zero attached hydrogens (tertiary/aromatic N) is 3. The Morgan fingerprint density at radius 2 is 1.91 bits per heavy atom. The first kappa shape index (κ1) is 21.8. The van der Waals surface area contributed by atoms with Crippen LogP contribution in [0.4, 0.5) is 11.6 Å². The molecular weight excluding hydrogens is 430 g/mol. The van der Waals surface area contributed by atoms with Gasteiger partial charge in [0, 0.05) is 29.6 Å². The van der Waals surface area contributed by atoms with Crippen LogP contribution in [0.25, 0.3) is 16.8 Å². The van der Waals surface area contributed by atoms with Gasteiger partial charge in [-0.3, -0.25) is 4.79 Å². The van der Waals surface area contributed by atoms with Gasteiger partial charge in [0.1, 0.15) is 11.5 Å². The fourth-order valence-corrected chi connectivity index (χ4v) is 3.71. The summed E-state index contributed by atoms with van der Waals surface area (Å²) in [6.07, 6.45) is 3.86. The van der Waals surface area contributed by atoms with E-state index in [0.717, 1.165) is 41.1 Å². The van der Waals surface area contributed by atoms with E-state index in [9.17, 15) is 4.79 Å². The Bertz CT molecular complexity index is 1330. The van der Waals surface area contributed by atoms with Gasteiger partial charge >= 0.3 is 0 Å². The minimum atomic E-state index is -0.111. The highest BCUT2D eigenvalue weighted by Crippen LogP contribution is 2.29. The number of aromatic nitrogens is 3. The predicted molar refractivity (Wildman–Crippen MR) is 131 cm³/mol. The highest BCUT2D eigenvalue weighted by molar-refractivity contribution is 5.98. The van der Waals surface area contributed by atoms with Gasteiger partial charge in [-0.15, -0.1) is 5.10 Å². The molecule has 0 unspecified atom stereocenters. The molecule has 1 aliphatic carbocycles. The van der Waals surface area contributed by atoms with E-state index >= 15 is 0 Å². The van der Waals surface area contributed by atoms with Crippen LogP contribution in [0, 0.1) is 0 Å². The van der Waals surface area contributed by atoms with Gasteiger partial charge < -0.3 is 20.1 Å². The van der Waals surface area contributed by atoms with Crippen LogP contribution >= 0.6 is 0 Å². The van der Waals surface area contributed by atoms with Crippen molar-refractivity contribution >= 4 is 23.2 Å². The van der Waals surface area contributed by atoms with Crippen molar-refractivity contribution in [1.82, 2.24) is 19.9 Å². The minimum absolute atomic E-state index is 0.0666. The molecule has 2 aromatic carbocycles. The number of hydrogen-bond donors (Lipinski definition) is 2. The fourth-order valence-electron chi connectivity index (χ4n) is 3.71. The maximum Gasteiger partial charge on any atom is 0.255 e. The van der Waals surface area contributed by atoms with E-state index in [1.54, 1.807) is 17.7 Å². The summed E-state index contributed by atoms with van der Waals surface area (Å²) >= 11 is 0. The van der Waals surface area contributed by atoms with Crippen LogP contribution in [-0.2, 0) is 0 Å². The number of methoxy groups -OCH3 is 1. The maximum absolute atomic E-state index is 12.6. The normalized spacial score (nSPS) is 13.2. The van der Waals surface area contributed by atoms with E-state index in [2.05, 4.69) is 15.7 Å². The molecule has 0 saturated heterocycles. The largest absolute Gasteiger partial charge is 0.497 e. The molecule has 2 N–H and O–H groups in total. The van der Waals surface area contributed by atoms with Gasteiger partial charge in [0.05, 0.1) is 18.8 Å². The number of fused-ring (bicyclic) bond motifs is 1. The van der Waals surface area contributed by atoms with Gasteiger partial charge in [-0.1, -0.05) is 12.1 Å². The number of benzene rings is 2. The lowest BCUT2D eigenvalue weighted by Crippen LogP contribution is -2.26. The molecule has 8 nitrogen and oxygen atoms in total. The second kappa shape index (κ2) is 9.05. The van der Waals surface area contributed by atoms with Crippen molar-refractivity contribution in [3.8, 4) is 22.6 Å². The summed E-state index contributed by atoms with van der Waals surface area (Å²) < 4.78 is 12.9. The molecule has 0 aliphatic heterocycles. The van der Waals surface area contributed by atoms with Crippen molar-refractivity contribution in [2.24, 2.45) is 0 Å². The van der Waals surface area contributed by atoms with Gasteiger partial charge in [-0.2, -0.15) is 4.98 Å². The quantitative estimate of drug-likeness (QED) is 0.394. The van der Waals surface area contributed by atoms with Crippen LogP contribution in [0.2, 0.25) is 0 Å². The Balaban J connectivity index is 1.43. The zero-order valence-electron chi connectivity index (χ0n) is 19.4. The number of hydrogen-bond acceptors (Lipinski definition) is 6. The molecule has 0 radical (unpaired) electrons. The average Bonchev–Trinajstić information content (AvgIpc) is 3.54. The lowest BCUT2D eigenvalue weighted by atomic mass is 10.1. The monoisotopic (exact) mass is 457 g/mol. The van der Waals surface area contributed by atoms with E-state index < -0.39 is 0 Å². The van der Waals surface area contributed by atoms with Crippen LogP contribution in [0.3, 0.4) is 0 Å². The molecular formula is C26H27N5O3. The molecule has 2 aromatic heterocycles.